The fourth-order valence-corrected chi connectivity index (χ4v) is 4.35. The van der Waals surface area contributed by atoms with Crippen LogP contribution in [0.2, 0.25) is 0 Å². The zero-order chi connectivity index (χ0) is 46.6. The number of carbonyl (C=O) groups is 2. The second-order valence-corrected chi connectivity index (χ2v) is 16.3. The van der Waals surface area contributed by atoms with Crippen molar-refractivity contribution in [3.63, 3.8) is 0 Å². The van der Waals surface area contributed by atoms with Crippen LogP contribution in [0.3, 0.4) is 0 Å². The molecule has 366 valence electrons. The van der Waals surface area contributed by atoms with Crippen molar-refractivity contribution in [3.05, 3.63) is 71.8 Å². The molecule has 32 heteroatoms. The fourth-order valence-electron chi connectivity index (χ4n) is 4.35. The summed E-state index contributed by atoms with van der Waals surface area (Å²) in [5.41, 5.74) is -14.8. The molecule has 2 atom stereocenters. The molecule has 63 heavy (non-hydrogen) atoms. The molecule has 0 bridgehead atoms. The van der Waals surface area contributed by atoms with Crippen LogP contribution in [0, 0.1) is 49.4 Å². The molecule has 1 aliphatic heterocycles. The van der Waals surface area contributed by atoms with Crippen molar-refractivity contribution in [1.82, 2.24) is 31.1 Å². The van der Waals surface area contributed by atoms with Crippen molar-refractivity contribution in [3.8, 4) is 0 Å². The minimum atomic E-state index is -6.09. The molecule has 0 unspecified atom stereocenters. The van der Waals surface area contributed by atoms with E-state index in [4.69, 9.17) is 38.9 Å². The van der Waals surface area contributed by atoms with E-state index < -0.39 is 46.9 Å². The van der Waals surface area contributed by atoms with Gasteiger partial charge < -0.3 is 45.9 Å². The van der Waals surface area contributed by atoms with Gasteiger partial charge in [0, 0.05) is 52.4 Å². The molecule has 0 aromatic heterocycles. The predicted molar refractivity (Wildman–Crippen MR) is 202 cm³/mol. The number of alkyl halides is 9. The minimum absolute atomic E-state index is 0. The molecule has 3 rings (SSSR count). The monoisotopic (exact) mass is 1130 g/mol. The molecule has 1 fully saturated rings. The van der Waals surface area contributed by atoms with Gasteiger partial charge in [-0.1, -0.05) is 60.7 Å². The summed E-state index contributed by atoms with van der Waals surface area (Å²) < 4.78 is 177. The van der Waals surface area contributed by atoms with Crippen molar-refractivity contribution >= 4 is 42.2 Å². The first-order valence-corrected chi connectivity index (χ1v) is 21.1. The Labute approximate surface area is 398 Å². The van der Waals surface area contributed by atoms with Crippen molar-refractivity contribution in [2.24, 2.45) is 0 Å². The zero-order valence-corrected chi connectivity index (χ0v) is 37.9. The van der Waals surface area contributed by atoms with Crippen LogP contribution in [-0.2, 0) is 50.9 Å². The van der Waals surface area contributed by atoms with Gasteiger partial charge in [-0.25, -0.2) is 25.3 Å². The van der Waals surface area contributed by atoms with E-state index in [-0.39, 0.29) is 84.2 Å². The molecule has 0 aliphatic carbocycles. The molecule has 19 nitrogen and oxygen atoms in total. The Balaban J connectivity index is -0.000000528. The van der Waals surface area contributed by atoms with Crippen LogP contribution in [0.25, 0.3) is 0 Å². The maximum Gasteiger partial charge on any atom is 3.00 e. The Morgan fingerprint density at radius 1 is 0.556 bits per heavy atom. The van der Waals surface area contributed by atoms with Crippen LogP contribution in [0.15, 0.2) is 60.7 Å². The number of benzene rings is 2. The van der Waals surface area contributed by atoms with E-state index >= 15 is 0 Å². The molecule has 0 saturated carbocycles. The third-order valence-electron chi connectivity index (χ3n) is 7.36. The average molecular weight is 1130 g/mol. The smallest absolute Gasteiger partial charge is 0.741 e. The molecule has 1 aliphatic rings. The number of rotatable bonds is 8. The van der Waals surface area contributed by atoms with Crippen LogP contribution in [0.1, 0.15) is 37.1 Å². The summed E-state index contributed by atoms with van der Waals surface area (Å²) in [6, 6.07) is 19.9. The van der Waals surface area contributed by atoms with Crippen molar-refractivity contribution < 1.29 is 148 Å². The summed E-state index contributed by atoms with van der Waals surface area (Å²) in [5.74, 6) is 0.0298. The first kappa shape index (κ1) is 67.4. The summed E-state index contributed by atoms with van der Waals surface area (Å²) in [7, 11) is -18.3. The van der Waals surface area contributed by atoms with E-state index in [1.54, 1.807) is 0 Å². The Bertz CT molecular complexity index is 1750. The van der Waals surface area contributed by atoms with Crippen LogP contribution >= 0.6 is 0 Å². The Morgan fingerprint density at radius 2 is 0.794 bits per heavy atom. The first-order valence-electron chi connectivity index (χ1n) is 16.9. The first-order chi connectivity index (χ1) is 27.3. The van der Waals surface area contributed by atoms with Gasteiger partial charge in [-0.2, -0.15) is 39.5 Å². The fraction of sp³-hybridized carbons (Fsp3) is 0.548. The molecule has 2 aromatic rings. The van der Waals surface area contributed by atoms with Gasteiger partial charge in [-0.05, 0) is 25.0 Å². The standard InChI is InChI=1S/C28H42N6O2.3CHF3O3S.Eu.2H2O/c1-23(25-9-5-3-6-10-25)31-27(35)21-33-17-15-29-13-14-30-16-18-34(20-19-33)22-28(36)32-24(2)26-11-7-4-8-12-26;3*2-1(3,4)8(5,6)7;;;/h3-12,23-24,29-30H,13-22H2,1-2H3,(H,31,35)(H,32,36);3*(H,5,6,7);;2*1H2/q;;;;+3;;/p-1/t23-,24-;;;;;;/m1....../s1. The van der Waals surface area contributed by atoms with Gasteiger partial charge in [-0.15, -0.1) is 0 Å². The molecule has 1 heterocycles. The minimum Gasteiger partial charge on any atom is -0.741 e. The molecule has 0 spiro atoms. The van der Waals surface area contributed by atoms with Crippen LogP contribution in [-0.4, -0.2) is 142 Å². The molecular weight excluding hydrogens is 1080 g/mol. The van der Waals surface area contributed by atoms with E-state index in [0.29, 0.717) is 13.1 Å². The Morgan fingerprint density at radius 3 is 1.02 bits per heavy atom. The second-order valence-electron chi connectivity index (χ2n) is 12.2. The average Bonchev–Trinajstić information content (AvgIpc) is 3.09. The zero-order valence-electron chi connectivity index (χ0n) is 33.0. The van der Waals surface area contributed by atoms with E-state index in [0.717, 1.165) is 63.5 Å². The summed E-state index contributed by atoms with van der Waals surface area (Å²) in [4.78, 5) is 30.0. The number of amides is 2. The van der Waals surface area contributed by atoms with E-state index in [2.05, 4.69) is 31.1 Å². The number of halogens is 9. The van der Waals surface area contributed by atoms with Gasteiger partial charge in [0.25, 0.3) is 0 Å². The number of hydrogen-bond acceptors (Lipinski definition) is 15. The van der Waals surface area contributed by atoms with E-state index in [9.17, 15) is 49.1 Å². The number of carbonyl (C=O) groups excluding carboxylic acids is 2. The number of nitrogens with one attached hydrogen (secondary N) is 4. The van der Waals surface area contributed by atoms with E-state index in [1.807, 2.05) is 74.5 Å². The Kier molecular flexibility index (Phi) is 33.1. The third kappa shape index (κ3) is 30.6. The largest absolute Gasteiger partial charge is 3.00 e. The Hall–Kier alpha value is -2.18. The summed E-state index contributed by atoms with van der Waals surface area (Å²) in [5, 5.41) is 13.1. The molecule has 2 amide bonds. The van der Waals surface area contributed by atoms with Crippen molar-refractivity contribution in [2.75, 3.05) is 65.4 Å². The summed E-state index contributed by atoms with van der Waals surface area (Å²) in [6.45, 7) is 11.1. The quantitative estimate of drug-likeness (QED) is 0.116. The van der Waals surface area contributed by atoms with Gasteiger partial charge in [0.15, 0.2) is 30.4 Å². The molecule has 1 saturated heterocycles. The summed E-state index contributed by atoms with van der Waals surface area (Å²) in [6.07, 6.45) is 0. The van der Waals surface area contributed by atoms with Crippen LogP contribution < -0.4 is 21.3 Å². The molecular formula is C31H48EuF9N6O13S3+2. The van der Waals surface area contributed by atoms with Gasteiger partial charge in [0.05, 0.1) is 25.2 Å². The maximum atomic E-state index is 12.8. The topological polar surface area (TPSA) is 326 Å². The molecule has 10 N–H and O–H groups in total. The third-order valence-corrected chi connectivity index (χ3v) is 9.06. The summed E-state index contributed by atoms with van der Waals surface area (Å²) >= 11 is 0. The van der Waals surface area contributed by atoms with Crippen molar-refractivity contribution in [2.45, 2.75) is 42.5 Å². The van der Waals surface area contributed by atoms with Gasteiger partial charge in [-0.3, -0.25) is 19.4 Å². The molecule has 0 radical (unpaired) electrons. The molecule has 2 aromatic carbocycles. The van der Waals surface area contributed by atoms with Gasteiger partial charge in [0.2, 0.25) is 11.8 Å². The van der Waals surface area contributed by atoms with Crippen molar-refractivity contribution in [1.29, 1.82) is 0 Å². The van der Waals surface area contributed by atoms with Gasteiger partial charge in [0.1, 0.15) is 0 Å². The normalized spacial score (nSPS) is 15.8. The van der Waals surface area contributed by atoms with Crippen LogP contribution in [0.5, 0.6) is 0 Å². The number of hydrogen-bond donors (Lipinski definition) is 4. The van der Waals surface area contributed by atoms with Gasteiger partial charge >= 0.3 is 65.9 Å². The number of nitrogens with zero attached hydrogens (tertiary/aromatic N) is 2. The SMILES string of the molecule is C[C@@H](NC(=O)CN1CCNCCNCCN(CC(=O)N[C@H](C)c2ccccc2)CC1)c1ccccc1.O=S(=O)([O-])C(F)(F)F.O=S(=O)([O-])C(F)(F)F.O=S(=O)([O-])C(F)(F)F.[Eu+3].[OH3+].[OH3+]. The van der Waals surface area contributed by atoms with Crippen LogP contribution in [0.4, 0.5) is 39.5 Å². The maximum absolute atomic E-state index is 12.8. The second kappa shape index (κ2) is 30.9. The predicted octanol–water partition coefficient (Wildman–Crippen LogP) is -0.152. The van der Waals surface area contributed by atoms with E-state index in [1.165, 1.54) is 0 Å².